The summed E-state index contributed by atoms with van der Waals surface area (Å²) in [5, 5.41) is 8.29. The summed E-state index contributed by atoms with van der Waals surface area (Å²) in [5.41, 5.74) is 4.57. The molecule has 28 heavy (non-hydrogen) atoms. The lowest BCUT2D eigenvalue weighted by Crippen LogP contribution is -2.07. The van der Waals surface area contributed by atoms with Crippen LogP contribution in [0.3, 0.4) is 0 Å². The summed E-state index contributed by atoms with van der Waals surface area (Å²) in [7, 11) is 1.54. The lowest BCUT2D eigenvalue weighted by atomic mass is 10.0. The highest BCUT2D eigenvalue weighted by atomic mass is 19.1. The average molecular weight is 378 g/mol. The van der Waals surface area contributed by atoms with Crippen molar-refractivity contribution < 1.29 is 9.13 Å². The Kier molecular flexibility index (Phi) is 4.65. The van der Waals surface area contributed by atoms with Crippen molar-refractivity contribution in [2.24, 2.45) is 0 Å². The van der Waals surface area contributed by atoms with Gasteiger partial charge in [-0.05, 0) is 50.1 Å². The topological polar surface area (TPSA) is 72.3 Å². The number of pyridine rings is 2. The zero-order chi connectivity index (χ0) is 19.7. The van der Waals surface area contributed by atoms with Gasteiger partial charge in [0, 0.05) is 34.1 Å². The molecule has 0 fully saturated rings. The molecular weight excluding hydrogens is 359 g/mol. The van der Waals surface area contributed by atoms with Crippen molar-refractivity contribution in [3.8, 4) is 16.9 Å². The first kappa shape index (κ1) is 17.9. The minimum atomic E-state index is -0.278. The molecule has 0 radical (unpaired) electrons. The van der Waals surface area contributed by atoms with Crippen molar-refractivity contribution in [3.05, 3.63) is 81.9 Å². The van der Waals surface area contributed by atoms with E-state index in [2.05, 4.69) is 15.2 Å². The van der Waals surface area contributed by atoms with E-state index in [-0.39, 0.29) is 11.4 Å². The molecule has 0 saturated carbocycles. The zero-order valence-electron chi connectivity index (χ0n) is 15.6. The van der Waals surface area contributed by atoms with Crippen LogP contribution in [-0.2, 0) is 12.8 Å². The number of halogens is 1. The third kappa shape index (κ3) is 3.15. The standard InChI is InChI=1S/C21H19FN4O2/c1-13-15(10-11-20(27)24-13)16-8-6-14(26-12-23-25-21(16)26)7-9-17-18(22)4-3-5-19(17)28-2/h3-6,8,10-12H,7,9H2,1-2H3,(H,24,27). The second-order valence-electron chi connectivity index (χ2n) is 6.54. The number of aromatic amines is 1. The quantitative estimate of drug-likeness (QED) is 0.578. The molecule has 0 bridgehead atoms. The van der Waals surface area contributed by atoms with Crippen molar-refractivity contribution in [2.75, 3.05) is 7.11 Å². The number of benzene rings is 1. The summed E-state index contributed by atoms with van der Waals surface area (Å²) >= 11 is 0. The van der Waals surface area contributed by atoms with Crippen LogP contribution in [0.25, 0.3) is 16.8 Å². The van der Waals surface area contributed by atoms with Crippen LogP contribution in [0, 0.1) is 12.7 Å². The molecule has 7 heteroatoms. The minimum Gasteiger partial charge on any atom is -0.496 e. The van der Waals surface area contributed by atoms with Gasteiger partial charge in [0.05, 0.1) is 7.11 Å². The van der Waals surface area contributed by atoms with E-state index < -0.39 is 0 Å². The summed E-state index contributed by atoms with van der Waals surface area (Å²) in [6.45, 7) is 1.85. The third-order valence-electron chi connectivity index (χ3n) is 4.87. The van der Waals surface area contributed by atoms with Crippen molar-refractivity contribution in [1.82, 2.24) is 19.6 Å². The molecule has 3 heterocycles. The van der Waals surface area contributed by atoms with Crippen LogP contribution < -0.4 is 10.3 Å². The van der Waals surface area contributed by atoms with Gasteiger partial charge in [-0.1, -0.05) is 6.07 Å². The van der Waals surface area contributed by atoms with Crippen LogP contribution in [0.4, 0.5) is 4.39 Å². The monoisotopic (exact) mass is 378 g/mol. The predicted octanol–water partition coefficient (Wildman–Crippen LogP) is 3.33. The van der Waals surface area contributed by atoms with Gasteiger partial charge in [-0.3, -0.25) is 9.20 Å². The van der Waals surface area contributed by atoms with Gasteiger partial charge in [0.15, 0.2) is 5.65 Å². The number of aryl methyl sites for hydroxylation is 2. The van der Waals surface area contributed by atoms with Crippen LogP contribution in [0.2, 0.25) is 0 Å². The maximum atomic E-state index is 14.2. The van der Waals surface area contributed by atoms with Crippen molar-refractivity contribution >= 4 is 5.65 Å². The molecule has 0 spiro atoms. The Hall–Kier alpha value is -3.48. The number of nitrogens with one attached hydrogen (secondary N) is 1. The Bertz CT molecular complexity index is 1210. The van der Waals surface area contributed by atoms with Crippen molar-refractivity contribution in [1.29, 1.82) is 0 Å². The van der Waals surface area contributed by atoms with Gasteiger partial charge in [-0.2, -0.15) is 0 Å². The highest BCUT2D eigenvalue weighted by Gasteiger charge is 2.14. The van der Waals surface area contributed by atoms with Gasteiger partial charge in [0.2, 0.25) is 5.56 Å². The molecule has 0 saturated heterocycles. The molecule has 1 N–H and O–H groups in total. The zero-order valence-corrected chi connectivity index (χ0v) is 15.6. The summed E-state index contributed by atoms with van der Waals surface area (Å²) in [6.07, 6.45) is 2.73. The average Bonchev–Trinajstić information content (AvgIpc) is 3.17. The predicted molar refractivity (Wildman–Crippen MR) is 104 cm³/mol. The van der Waals surface area contributed by atoms with E-state index in [0.717, 1.165) is 22.5 Å². The molecule has 6 nitrogen and oxygen atoms in total. The largest absolute Gasteiger partial charge is 0.496 e. The number of H-pyrrole nitrogens is 1. The summed E-state index contributed by atoms with van der Waals surface area (Å²) in [5.74, 6) is 0.264. The highest BCUT2D eigenvalue weighted by Crippen LogP contribution is 2.27. The summed E-state index contributed by atoms with van der Waals surface area (Å²) in [4.78, 5) is 14.3. The third-order valence-corrected chi connectivity index (χ3v) is 4.87. The molecule has 142 valence electrons. The number of methoxy groups -OCH3 is 1. The summed E-state index contributed by atoms with van der Waals surface area (Å²) in [6, 6.07) is 12.0. The number of ether oxygens (including phenoxy) is 1. The lowest BCUT2D eigenvalue weighted by molar-refractivity contribution is 0.404. The number of fused-ring (bicyclic) bond motifs is 1. The normalized spacial score (nSPS) is 11.1. The molecule has 0 aliphatic carbocycles. The van der Waals surface area contributed by atoms with E-state index in [1.807, 2.05) is 23.5 Å². The molecule has 3 aromatic heterocycles. The van der Waals surface area contributed by atoms with Crippen LogP contribution >= 0.6 is 0 Å². The van der Waals surface area contributed by atoms with Crippen molar-refractivity contribution in [2.45, 2.75) is 19.8 Å². The minimum absolute atomic E-state index is 0.144. The second kappa shape index (κ2) is 7.26. The van der Waals surface area contributed by atoms with Crippen LogP contribution in [0.5, 0.6) is 5.75 Å². The SMILES string of the molecule is COc1cccc(F)c1CCc1ccc(-c2ccc(=O)[nH]c2C)c2nncn12. The highest BCUT2D eigenvalue weighted by molar-refractivity contribution is 5.78. The lowest BCUT2D eigenvalue weighted by Gasteiger charge is -2.12. The molecule has 1 aromatic carbocycles. The van der Waals surface area contributed by atoms with Gasteiger partial charge in [-0.15, -0.1) is 10.2 Å². The van der Waals surface area contributed by atoms with Gasteiger partial charge in [0.25, 0.3) is 0 Å². The fraction of sp³-hybridized carbons (Fsp3) is 0.190. The van der Waals surface area contributed by atoms with Crippen molar-refractivity contribution in [3.63, 3.8) is 0 Å². The number of hydrogen-bond acceptors (Lipinski definition) is 4. The second-order valence-corrected chi connectivity index (χ2v) is 6.54. The Morgan fingerprint density at radius 3 is 2.71 bits per heavy atom. The smallest absolute Gasteiger partial charge is 0.248 e. The van der Waals surface area contributed by atoms with E-state index in [1.165, 1.54) is 19.2 Å². The molecule has 4 aromatic rings. The molecule has 0 aliphatic heterocycles. The van der Waals surface area contributed by atoms with Crippen LogP contribution in [-0.4, -0.2) is 26.7 Å². The first-order valence-electron chi connectivity index (χ1n) is 8.92. The molecule has 0 aliphatic rings. The van der Waals surface area contributed by atoms with Crippen LogP contribution in [0.15, 0.2) is 53.6 Å². The summed E-state index contributed by atoms with van der Waals surface area (Å²) < 4.78 is 21.4. The molecule has 0 amide bonds. The van der Waals surface area contributed by atoms with Gasteiger partial charge >= 0.3 is 0 Å². The number of nitrogens with zero attached hydrogens (tertiary/aromatic N) is 3. The fourth-order valence-corrected chi connectivity index (χ4v) is 3.47. The van der Waals surface area contributed by atoms with Crippen LogP contribution in [0.1, 0.15) is 17.0 Å². The maximum absolute atomic E-state index is 14.2. The number of rotatable bonds is 5. The number of hydrogen-bond donors (Lipinski definition) is 1. The number of aromatic nitrogens is 4. The van der Waals surface area contributed by atoms with Gasteiger partial charge in [-0.25, -0.2) is 4.39 Å². The van der Waals surface area contributed by atoms with Gasteiger partial charge in [0.1, 0.15) is 17.9 Å². The van der Waals surface area contributed by atoms with E-state index in [1.54, 1.807) is 24.5 Å². The first-order chi connectivity index (χ1) is 13.6. The molecule has 0 atom stereocenters. The Morgan fingerprint density at radius 2 is 1.93 bits per heavy atom. The Balaban J connectivity index is 1.71. The molecule has 4 rings (SSSR count). The fourth-order valence-electron chi connectivity index (χ4n) is 3.47. The van der Waals surface area contributed by atoms with E-state index in [0.29, 0.717) is 29.8 Å². The Morgan fingerprint density at radius 1 is 1.11 bits per heavy atom. The van der Waals surface area contributed by atoms with Gasteiger partial charge < -0.3 is 9.72 Å². The molecular formula is C21H19FN4O2. The molecule has 0 unspecified atom stereocenters. The Labute approximate surface area is 160 Å². The van der Waals surface area contributed by atoms with E-state index >= 15 is 0 Å². The first-order valence-corrected chi connectivity index (χ1v) is 8.92. The van der Waals surface area contributed by atoms with E-state index in [9.17, 15) is 9.18 Å². The van der Waals surface area contributed by atoms with E-state index in [4.69, 9.17) is 4.74 Å². The maximum Gasteiger partial charge on any atom is 0.248 e.